The lowest BCUT2D eigenvalue weighted by Gasteiger charge is -2.31. The number of carbonyl (C=O) groups is 3. The lowest BCUT2D eigenvalue weighted by atomic mass is 9.95. The number of amides is 3. The second-order valence-electron chi connectivity index (χ2n) is 6.48. The second-order valence-corrected chi connectivity index (χ2v) is 6.48. The van der Waals surface area contributed by atoms with Crippen molar-refractivity contribution >= 4 is 23.4 Å². The molecule has 0 aromatic heterocycles. The van der Waals surface area contributed by atoms with Crippen LogP contribution in [0.1, 0.15) is 33.6 Å². The third kappa shape index (κ3) is 4.31. The van der Waals surface area contributed by atoms with Gasteiger partial charge in [0.1, 0.15) is 5.82 Å². The maximum absolute atomic E-state index is 13.8. The van der Waals surface area contributed by atoms with Crippen LogP contribution in [0.4, 0.5) is 10.1 Å². The zero-order valence-electron chi connectivity index (χ0n) is 14.7. The highest BCUT2D eigenvalue weighted by molar-refractivity contribution is 5.96. The number of rotatable bonds is 4. The van der Waals surface area contributed by atoms with E-state index in [0.29, 0.717) is 37.2 Å². The Balaban J connectivity index is 1.55. The molecule has 27 heavy (non-hydrogen) atoms. The van der Waals surface area contributed by atoms with Crippen LogP contribution < -0.4 is 11.1 Å². The Labute approximate surface area is 156 Å². The van der Waals surface area contributed by atoms with Gasteiger partial charge in [-0.1, -0.05) is 12.1 Å². The summed E-state index contributed by atoms with van der Waals surface area (Å²) in [6.45, 7) is 0.789. The molecular weight excluding hydrogens is 349 g/mol. The molecule has 0 unspecified atom stereocenters. The number of primary amides is 1. The Morgan fingerprint density at radius 3 is 2.22 bits per heavy atom. The van der Waals surface area contributed by atoms with Gasteiger partial charge in [-0.2, -0.15) is 0 Å². The summed E-state index contributed by atoms with van der Waals surface area (Å²) in [5, 5.41) is 2.81. The van der Waals surface area contributed by atoms with Crippen molar-refractivity contribution < 1.29 is 18.8 Å². The van der Waals surface area contributed by atoms with E-state index >= 15 is 0 Å². The zero-order chi connectivity index (χ0) is 19.4. The summed E-state index contributed by atoms with van der Waals surface area (Å²) in [6, 6.07) is 12.2. The molecule has 2 aromatic rings. The Bertz CT molecular complexity index is 859. The molecular formula is C20H20FN3O3. The molecule has 0 radical (unpaired) electrons. The van der Waals surface area contributed by atoms with Crippen molar-refractivity contribution in [2.24, 2.45) is 11.7 Å². The van der Waals surface area contributed by atoms with Crippen LogP contribution in [0.3, 0.4) is 0 Å². The van der Waals surface area contributed by atoms with E-state index in [4.69, 9.17) is 5.73 Å². The van der Waals surface area contributed by atoms with Gasteiger partial charge in [0.2, 0.25) is 11.8 Å². The molecule has 7 heteroatoms. The zero-order valence-corrected chi connectivity index (χ0v) is 14.7. The lowest BCUT2D eigenvalue weighted by Crippen LogP contribution is -2.41. The SMILES string of the molecule is NC(=O)c1ccc(NC(=O)C2CCN(C(=O)c3ccccc3F)CC2)cc1. The van der Waals surface area contributed by atoms with E-state index in [1.54, 1.807) is 41.3 Å². The molecule has 3 amide bonds. The predicted molar refractivity (Wildman–Crippen MR) is 98.6 cm³/mol. The molecule has 140 valence electrons. The predicted octanol–water partition coefficient (Wildman–Crippen LogP) is 2.42. The van der Waals surface area contributed by atoms with Gasteiger partial charge in [0.05, 0.1) is 5.56 Å². The minimum atomic E-state index is -0.540. The van der Waals surface area contributed by atoms with Crippen molar-refractivity contribution in [1.82, 2.24) is 4.90 Å². The summed E-state index contributed by atoms with van der Waals surface area (Å²) in [5.74, 6) is -1.79. The number of benzene rings is 2. The molecule has 2 aromatic carbocycles. The van der Waals surface area contributed by atoms with Gasteiger partial charge in [0.15, 0.2) is 0 Å². The molecule has 0 aliphatic carbocycles. The van der Waals surface area contributed by atoms with Gasteiger partial charge in [-0.05, 0) is 49.2 Å². The molecule has 1 aliphatic rings. The normalized spacial score (nSPS) is 14.6. The number of halogens is 1. The van der Waals surface area contributed by atoms with Crippen LogP contribution in [-0.2, 0) is 4.79 Å². The molecule has 1 saturated heterocycles. The Hall–Kier alpha value is -3.22. The van der Waals surface area contributed by atoms with Gasteiger partial charge in [-0.15, -0.1) is 0 Å². The maximum Gasteiger partial charge on any atom is 0.256 e. The molecule has 0 spiro atoms. The van der Waals surface area contributed by atoms with E-state index in [0.717, 1.165) is 0 Å². The van der Waals surface area contributed by atoms with Gasteiger partial charge in [0, 0.05) is 30.3 Å². The quantitative estimate of drug-likeness (QED) is 0.867. The fourth-order valence-corrected chi connectivity index (χ4v) is 3.11. The fourth-order valence-electron chi connectivity index (χ4n) is 3.11. The highest BCUT2D eigenvalue weighted by Crippen LogP contribution is 2.22. The summed E-state index contributed by atoms with van der Waals surface area (Å²) < 4.78 is 13.8. The van der Waals surface area contributed by atoms with Crippen LogP contribution in [0.25, 0.3) is 0 Å². The monoisotopic (exact) mass is 369 g/mol. The van der Waals surface area contributed by atoms with E-state index in [-0.39, 0.29) is 23.3 Å². The average Bonchev–Trinajstić information content (AvgIpc) is 2.68. The Morgan fingerprint density at radius 2 is 1.63 bits per heavy atom. The number of nitrogens with one attached hydrogen (secondary N) is 1. The summed E-state index contributed by atoms with van der Waals surface area (Å²) >= 11 is 0. The Morgan fingerprint density at radius 1 is 1.00 bits per heavy atom. The maximum atomic E-state index is 13.8. The number of piperidine rings is 1. The third-order valence-corrected chi connectivity index (χ3v) is 4.69. The smallest absolute Gasteiger partial charge is 0.256 e. The number of hydrogen-bond donors (Lipinski definition) is 2. The molecule has 1 fully saturated rings. The van der Waals surface area contributed by atoms with Crippen molar-refractivity contribution in [3.63, 3.8) is 0 Å². The average molecular weight is 369 g/mol. The number of anilines is 1. The van der Waals surface area contributed by atoms with Gasteiger partial charge in [-0.3, -0.25) is 14.4 Å². The van der Waals surface area contributed by atoms with Crippen molar-refractivity contribution in [2.45, 2.75) is 12.8 Å². The first-order valence-electron chi connectivity index (χ1n) is 8.70. The summed E-state index contributed by atoms with van der Waals surface area (Å²) in [4.78, 5) is 37.5. The second kappa shape index (κ2) is 7.99. The topological polar surface area (TPSA) is 92.5 Å². The number of nitrogens with zero attached hydrogens (tertiary/aromatic N) is 1. The highest BCUT2D eigenvalue weighted by Gasteiger charge is 2.28. The molecule has 1 aliphatic heterocycles. The fraction of sp³-hybridized carbons (Fsp3) is 0.250. The van der Waals surface area contributed by atoms with Gasteiger partial charge >= 0.3 is 0 Å². The first kappa shape index (κ1) is 18.6. The number of likely N-dealkylation sites (tertiary alicyclic amines) is 1. The molecule has 3 rings (SSSR count). The molecule has 0 atom stereocenters. The summed E-state index contributed by atoms with van der Waals surface area (Å²) in [5.41, 5.74) is 6.19. The van der Waals surface area contributed by atoms with Crippen LogP contribution in [0.2, 0.25) is 0 Å². The largest absolute Gasteiger partial charge is 0.366 e. The lowest BCUT2D eigenvalue weighted by molar-refractivity contribution is -0.121. The molecule has 0 saturated carbocycles. The summed E-state index contributed by atoms with van der Waals surface area (Å²) in [6.07, 6.45) is 1.01. The van der Waals surface area contributed by atoms with E-state index in [2.05, 4.69) is 5.32 Å². The number of carbonyl (C=O) groups excluding carboxylic acids is 3. The highest BCUT2D eigenvalue weighted by atomic mass is 19.1. The van der Waals surface area contributed by atoms with Crippen LogP contribution in [-0.4, -0.2) is 35.7 Å². The van der Waals surface area contributed by atoms with Crippen LogP contribution >= 0.6 is 0 Å². The minimum absolute atomic E-state index is 0.0509. The number of nitrogens with two attached hydrogens (primary N) is 1. The van der Waals surface area contributed by atoms with Gasteiger partial charge in [-0.25, -0.2) is 4.39 Å². The molecule has 6 nitrogen and oxygen atoms in total. The van der Waals surface area contributed by atoms with E-state index < -0.39 is 11.7 Å². The van der Waals surface area contributed by atoms with Crippen molar-refractivity contribution in [3.05, 3.63) is 65.5 Å². The summed E-state index contributed by atoms with van der Waals surface area (Å²) in [7, 11) is 0. The molecule has 3 N–H and O–H groups in total. The third-order valence-electron chi connectivity index (χ3n) is 4.69. The van der Waals surface area contributed by atoms with E-state index in [9.17, 15) is 18.8 Å². The van der Waals surface area contributed by atoms with Crippen molar-refractivity contribution in [2.75, 3.05) is 18.4 Å². The van der Waals surface area contributed by atoms with Crippen LogP contribution in [0, 0.1) is 11.7 Å². The Kier molecular flexibility index (Phi) is 5.49. The van der Waals surface area contributed by atoms with Crippen molar-refractivity contribution in [1.29, 1.82) is 0 Å². The van der Waals surface area contributed by atoms with Crippen molar-refractivity contribution in [3.8, 4) is 0 Å². The number of hydrogen-bond acceptors (Lipinski definition) is 3. The van der Waals surface area contributed by atoms with Crippen LogP contribution in [0.5, 0.6) is 0 Å². The van der Waals surface area contributed by atoms with Gasteiger partial charge < -0.3 is 16.0 Å². The molecule has 0 bridgehead atoms. The molecule has 1 heterocycles. The standard InChI is InChI=1S/C20H20FN3O3/c21-17-4-2-1-3-16(17)20(27)24-11-9-14(10-12-24)19(26)23-15-7-5-13(6-8-15)18(22)25/h1-8,14H,9-12H2,(H2,22,25)(H,23,26). The van der Waals surface area contributed by atoms with Gasteiger partial charge in [0.25, 0.3) is 5.91 Å². The first-order valence-corrected chi connectivity index (χ1v) is 8.70. The van der Waals surface area contributed by atoms with E-state index in [1.165, 1.54) is 12.1 Å². The minimum Gasteiger partial charge on any atom is -0.366 e. The van der Waals surface area contributed by atoms with Crippen LogP contribution in [0.15, 0.2) is 48.5 Å². The van der Waals surface area contributed by atoms with E-state index in [1.807, 2.05) is 0 Å². The first-order chi connectivity index (χ1) is 13.0.